The van der Waals surface area contributed by atoms with Gasteiger partial charge in [0.25, 0.3) is 0 Å². The first-order chi connectivity index (χ1) is 4.20. The van der Waals surface area contributed by atoms with Crippen LogP contribution >= 0.6 is 11.3 Å². The van der Waals surface area contributed by atoms with E-state index in [1.54, 1.807) is 0 Å². The fourth-order valence-electron chi connectivity index (χ4n) is 0.612. The Morgan fingerprint density at radius 1 is 1.67 bits per heavy atom. The van der Waals surface area contributed by atoms with Gasteiger partial charge in [-0.2, -0.15) is 0 Å². The zero-order chi connectivity index (χ0) is 6.85. The summed E-state index contributed by atoms with van der Waals surface area (Å²) in [5, 5.41) is 8.83. The molecule has 3 N–H and O–H groups in total. The van der Waals surface area contributed by atoms with Crippen LogP contribution < -0.4 is 5.73 Å². The molecule has 0 amide bonds. The van der Waals surface area contributed by atoms with Crippen LogP contribution in [0, 0.1) is 6.92 Å². The first-order valence-corrected chi connectivity index (χ1v) is 3.52. The molecule has 0 aliphatic rings. The molecule has 0 fully saturated rings. The van der Waals surface area contributed by atoms with Gasteiger partial charge in [0, 0.05) is 9.75 Å². The van der Waals surface area contributed by atoms with Gasteiger partial charge in [-0.3, -0.25) is 0 Å². The summed E-state index contributed by atoms with van der Waals surface area (Å²) < 4.78 is 0. The van der Waals surface area contributed by atoms with Crippen molar-refractivity contribution in [1.29, 1.82) is 0 Å². The molecule has 1 aromatic rings. The lowest BCUT2D eigenvalue weighted by molar-refractivity contribution is 0.190. The largest absolute Gasteiger partial charge is 0.374 e. The Morgan fingerprint density at radius 3 is 2.56 bits per heavy atom. The predicted octanol–water partition coefficient (Wildman–Crippen LogP) is 1.01. The molecule has 50 valence electrons. The summed E-state index contributed by atoms with van der Waals surface area (Å²) in [7, 11) is 0. The molecule has 0 bridgehead atoms. The number of rotatable bonds is 1. The van der Waals surface area contributed by atoms with Crippen molar-refractivity contribution < 1.29 is 5.11 Å². The summed E-state index contributed by atoms with van der Waals surface area (Å²) in [6.45, 7) is 1.98. The lowest BCUT2D eigenvalue weighted by Crippen LogP contribution is -2.05. The van der Waals surface area contributed by atoms with Crippen LogP contribution in [0.1, 0.15) is 16.0 Å². The molecule has 0 saturated carbocycles. The summed E-state index contributed by atoms with van der Waals surface area (Å²) in [6, 6.07) is 3.78. The van der Waals surface area contributed by atoms with Crippen LogP contribution in [0.15, 0.2) is 12.1 Å². The maximum absolute atomic E-state index is 8.83. The maximum atomic E-state index is 8.83. The molecule has 9 heavy (non-hydrogen) atoms. The third kappa shape index (κ3) is 1.51. The summed E-state index contributed by atoms with van der Waals surface area (Å²) >= 11 is 1.52. The number of thiophene rings is 1. The standard InChI is InChI=1S/C6H9NOS/c1-4-2-3-5(9-4)6(7)8/h2-3,6,8H,7H2,1H3. The number of aliphatic hydroxyl groups is 1. The average Bonchev–Trinajstić information content (AvgIpc) is 2.14. The van der Waals surface area contributed by atoms with Gasteiger partial charge in [-0.15, -0.1) is 11.3 Å². The van der Waals surface area contributed by atoms with E-state index in [1.807, 2.05) is 19.1 Å². The van der Waals surface area contributed by atoms with E-state index in [2.05, 4.69) is 0 Å². The van der Waals surface area contributed by atoms with Crippen LogP contribution in [-0.2, 0) is 0 Å². The Kier molecular flexibility index (Phi) is 1.85. The van der Waals surface area contributed by atoms with Gasteiger partial charge in [0.1, 0.15) is 6.23 Å². The third-order valence-electron chi connectivity index (χ3n) is 1.05. The summed E-state index contributed by atoms with van der Waals surface area (Å²) in [4.78, 5) is 2.00. The normalized spacial score (nSPS) is 13.7. The summed E-state index contributed by atoms with van der Waals surface area (Å²) in [6.07, 6.45) is -0.802. The summed E-state index contributed by atoms with van der Waals surface area (Å²) in [5.74, 6) is 0. The van der Waals surface area contributed by atoms with E-state index in [0.29, 0.717) is 0 Å². The fourth-order valence-corrected chi connectivity index (χ4v) is 1.38. The predicted molar refractivity (Wildman–Crippen MR) is 38.2 cm³/mol. The van der Waals surface area contributed by atoms with Crippen molar-refractivity contribution in [2.75, 3.05) is 0 Å². The number of hydrogen-bond donors (Lipinski definition) is 2. The molecule has 0 spiro atoms. The highest BCUT2D eigenvalue weighted by atomic mass is 32.1. The van der Waals surface area contributed by atoms with Gasteiger partial charge in [0.2, 0.25) is 0 Å². The molecule has 2 nitrogen and oxygen atoms in total. The van der Waals surface area contributed by atoms with Crippen molar-refractivity contribution in [3.63, 3.8) is 0 Å². The van der Waals surface area contributed by atoms with E-state index in [0.717, 1.165) is 4.88 Å². The zero-order valence-corrected chi connectivity index (χ0v) is 5.98. The Balaban J connectivity index is 2.85. The molecule has 3 heteroatoms. The monoisotopic (exact) mass is 143 g/mol. The van der Waals surface area contributed by atoms with Gasteiger partial charge in [0.05, 0.1) is 0 Å². The van der Waals surface area contributed by atoms with Crippen LogP contribution in [0.4, 0.5) is 0 Å². The van der Waals surface area contributed by atoms with Gasteiger partial charge in [-0.25, -0.2) is 0 Å². The molecular weight excluding hydrogens is 134 g/mol. The molecule has 0 saturated heterocycles. The first-order valence-electron chi connectivity index (χ1n) is 2.70. The van der Waals surface area contributed by atoms with Crippen molar-refractivity contribution in [3.8, 4) is 0 Å². The molecule has 0 aromatic carbocycles. The van der Waals surface area contributed by atoms with E-state index in [9.17, 15) is 0 Å². The molecule has 1 aromatic heterocycles. The quantitative estimate of drug-likeness (QED) is 0.576. The van der Waals surface area contributed by atoms with Crippen LogP contribution in [-0.4, -0.2) is 5.11 Å². The molecule has 1 rings (SSSR count). The number of aryl methyl sites for hydroxylation is 1. The minimum absolute atomic E-state index is 0.802. The van der Waals surface area contributed by atoms with E-state index in [1.165, 1.54) is 16.2 Å². The van der Waals surface area contributed by atoms with Crippen LogP contribution in [0.5, 0.6) is 0 Å². The highest BCUT2D eigenvalue weighted by molar-refractivity contribution is 7.11. The maximum Gasteiger partial charge on any atom is 0.137 e. The Labute approximate surface area is 57.9 Å². The second kappa shape index (κ2) is 2.47. The Hall–Kier alpha value is -0.380. The van der Waals surface area contributed by atoms with E-state index < -0.39 is 6.23 Å². The fraction of sp³-hybridized carbons (Fsp3) is 0.333. The number of aliphatic hydroxyl groups excluding tert-OH is 1. The minimum atomic E-state index is -0.802. The lowest BCUT2D eigenvalue weighted by atomic mass is 10.4. The van der Waals surface area contributed by atoms with Crippen LogP contribution in [0.25, 0.3) is 0 Å². The number of nitrogens with two attached hydrogens (primary N) is 1. The number of hydrogen-bond acceptors (Lipinski definition) is 3. The smallest absolute Gasteiger partial charge is 0.137 e. The van der Waals surface area contributed by atoms with E-state index in [-0.39, 0.29) is 0 Å². The summed E-state index contributed by atoms with van der Waals surface area (Å²) in [5.41, 5.74) is 5.19. The van der Waals surface area contributed by atoms with Gasteiger partial charge >= 0.3 is 0 Å². The lowest BCUT2D eigenvalue weighted by Gasteiger charge is -1.96. The van der Waals surface area contributed by atoms with Gasteiger partial charge in [-0.05, 0) is 19.1 Å². The minimum Gasteiger partial charge on any atom is -0.374 e. The van der Waals surface area contributed by atoms with Crippen molar-refractivity contribution in [3.05, 3.63) is 21.9 Å². The molecule has 1 heterocycles. The highest BCUT2D eigenvalue weighted by Gasteiger charge is 2.01. The Morgan fingerprint density at radius 2 is 2.33 bits per heavy atom. The molecule has 1 atom stereocenters. The van der Waals surface area contributed by atoms with Crippen molar-refractivity contribution in [2.24, 2.45) is 5.73 Å². The SMILES string of the molecule is Cc1ccc(C(N)O)s1. The second-order valence-electron chi connectivity index (χ2n) is 1.89. The average molecular weight is 143 g/mol. The second-order valence-corrected chi connectivity index (χ2v) is 3.21. The van der Waals surface area contributed by atoms with Gasteiger partial charge in [0.15, 0.2) is 0 Å². The van der Waals surface area contributed by atoms with E-state index >= 15 is 0 Å². The van der Waals surface area contributed by atoms with Crippen LogP contribution in [0.3, 0.4) is 0 Å². The third-order valence-corrected chi connectivity index (χ3v) is 2.12. The molecule has 0 radical (unpaired) electrons. The molecule has 1 unspecified atom stereocenters. The van der Waals surface area contributed by atoms with Crippen LogP contribution in [0.2, 0.25) is 0 Å². The Bertz CT molecular complexity index is 195. The van der Waals surface area contributed by atoms with Gasteiger partial charge < -0.3 is 10.8 Å². The molecule has 0 aliphatic heterocycles. The van der Waals surface area contributed by atoms with Crippen molar-refractivity contribution in [1.82, 2.24) is 0 Å². The topological polar surface area (TPSA) is 46.2 Å². The van der Waals surface area contributed by atoms with Crippen molar-refractivity contribution >= 4 is 11.3 Å². The first kappa shape index (κ1) is 6.74. The highest BCUT2D eigenvalue weighted by Crippen LogP contribution is 2.18. The zero-order valence-electron chi connectivity index (χ0n) is 5.16. The van der Waals surface area contributed by atoms with Gasteiger partial charge in [-0.1, -0.05) is 0 Å². The van der Waals surface area contributed by atoms with E-state index in [4.69, 9.17) is 10.8 Å². The van der Waals surface area contributed by atoms with Crippen molar-refractivity contribution in [2.45, 2.75) is 13.2 Å². The molecular formula is C6H9NOS. The molecule has 0 aliphatic carbocycles.